The van der Waals surface area contributed by atoms with Crippen LogP contribution in [0.2, 0.25) is 20.2 Å². The molecule has 1 amide bonds. The van der Waals surface area contributed by atoms with Crippen LogP contribution in [-0.4, -0.2) is 17.9 Å². The van der Waals surface area contributed by atoms with E-state index in [0.717, 1.165) is 0 Å². The van der Waals surface area contributed by atoms with Crippen LogP contribution in [0.15, 0.2) is 24.3 Å². The first kappa shape index (κ1) is 16.2. The predicted octanol–water partition coefficient (Wildman–Crippen LogP) is 4.99. The fourth-order valence-corrected chi connectivity index (χ4v) is 2.72. The van der Waals surface area contributed by atoms with Crippen LogP contribution in [0.1, 0.15) is 10.4 Å². The zero-order chi connectivity index (χ0) is 15.6. The highest BCUT2D eigenvalue weighted by molar-refractivity contribution is 6.42. The fraction of sp³-hybridized carbons (Fsp3) is 0.0769. The number of nitrogens with one attached hydrogen (secondary N) is 2. The van der Waals surface area contributed by atoms with Crippen molar-refractivity contribution in [2.75, 3.05) is 17.7 Å². The number of benzene rings is 1. The number of anilines is 2. The van der Waals surface area contributed by atoms with E-state index in [2.05, 4.69) is 15.6 Å². The molecule has 1 aromatic heterocycles. The number of aromatic nitrogens is 1. The summed E-state index contributed by atoms with van der Waals surface area (Å²) in [5.41, 5.74) is 0.605. The zero-order valence-electron chi connectivity index (χ0n) is 10.7. The zero-order valence-corrected chi connectivity index (χ0v) is 13.7. The standard InChI is InChI=1S/C13H9Cl4N3O/c1-18-11-3-6(2-10(17)19-11)13(21)20-12-8(15)4-7(14)5-9(12)16/h2-5H,1H3,(H,18,19)(H,20,21). The van der Waals surface area contributed by atoms with Crippen LogP contribution >= 0.6 is 46.4 Å². The van der Waals surface area contributed by atoms with Crippen molar-refractivity contribution in [3.63, 3.8) is 0 Å². The lowest BCUT2D eigenvalue weighted by Crippen LogP contribution is -2.13. The summed E-state index contributed by atoms with van der Waals surface area (Å²) >= 11 is 23.7. The van der Waals surface area contributed by atoms with Crippen LogP contribution in [0.25, 0.3) is 0 Å². The molecule has 0 unspecified atom stereocenters. The van der Waals surface area contributed by atoms with E-state index in [9.17, 15) is 4.79 Å². The molecule has 0 atom stereocenters. The summed E-state index contributed by atoms with van der Waals surface area (Å²) in [6, 6.07) is 5.97. The number of nitrogens with zero attached hydrogens (tertiary/aromatic N) is 1. The SMILES string of the molecule is CNc1cc(C(=O)Nc2c(Cl)cc(Cl)cc2Cl)cc(Cl)n1. The summed E-state index contributed by atoms with van der Waals surface area (Å²) in [6.45, 7) is 0. The maximum Gasteiger partial charge on any atom is 0.255 e. The molecule has 0 spiro atoms. The summed E-state index contributed by atoms with van der Waals surface area (Å²) in [5.74, 6) is 0.0582. The minimum Gasteiger partial charge on any atom is -0.373 e. The Kier molecular flexibility index (Phi) is 5.17. The van der Waals surface area contributed by atoms with Crippen LogP contribution in [0.5, 0.6) is 0 Å². The van der Waals surface area contributed by atoms with Crippen molar-refractivity contribution in [1.82, 2.24) is 4.98 Å². The van der Waals surface area contributed by atoms with Gasteiger partial charge < -0.3 is 10.6 Å². The first-order valence-electron chi connectivity index (χ1n) is 5.72. The third-order valence-electron chi connectivity index (χ3n) is 2.56. The molecule has 1 heterocycles. The first-order valence-corrected chi connectivity index (χ1v) is 7.23. The van der Waals surface area contributed by atoms with Crippen molar-refractivity contribution in [3.8, 4) is 0 Å². The molecule has 8 heteroatoms. The lowest BCUT2D eigenvalue weighted by molar-refractivity contribution is 0.102. The highest BCUT2D eigenvalue weighted by Gasteiger charge is 2.14. The quantitative estimate of drug-likeness (QED) is 0.754. The second-order valence-corrected chi connectivity index (χ2v) is 5.65. The van der Waals surface area contributed by atoms with Gasteiger partial charge >= 0.3 is 0 Å². The van der Waals surface area contributed by atoms with E-state index in [1.807, 2.05) is 0 Å². The number of rotatable bonds is 3. The molecule has 0 bridgehead atoms. The third kappa shape index (κ3) is 3.92. The molecule has 0 saturated carbocycles. The van der Waals surface area contributed by atoms with E-state index in [0.29, 0.717) is 16.4 Å². The molecule has 0 aliphatic heterocycles. The molecule has 0 aliphatic carbocycles. The molecule has 0 fully saturated rings. The van der Waals surface area contributed by atoms with Gasteiger partial charge in [0.2, 0.25) is 0 Å². The van der Waals surface area contributed by atoms with Crippen molar-refractivity contribution < 1.29 is 4.79 Å². The molecular weight excluding hydrogens is 356 g/mol. The number of carbonyl (C=O) groups excluding carboxylic acids is 1. The first-order chi connectivity index (χ1) is 9.90. The van der Waals surface area contributed by atoms with Gasteiger partial charge in [0.25, 0.3) is 5.91 Å². The molecule has 2 N–H and O–H groups in total. The average Bonchev–Trinajstić information content (AvgIpc) is 2.41. The maximum atomic E-state index is 12.2. The Morgan fingerprint density at radius 3 is 2.24 bits per heavy atom. The van der Waals surface area contributed by atoms with E-state index in [1.165, 1.54) is 18.2 Å². The molecule has 0 aliphatic rings. The molecular formula is C13H9Cl4N3O. The van der Waals surface area contributed by atoms with Gasteiger partial charge in [-0.3, -0.25) is 4.79 Å². The molecule has 0 radical (unpaired) electrons. The van der Waals surface area contributed by atoms with Gasteiger partial charge in [0, 0.05) is 17.6 Å². The summed E-state index contributed by atoms with van der Waals surface area (Å²) in [5, 5.41) is 6.50. The molecule has 2 aromatic rings. The van der Waals surface area contributed by atoms with Crippen molar-refractivity contribution in [2.24, 2.45) is 0 Å². The van der Waals surface area contributed by atoms with E-state index in [1.54, 1.807) is 13.1 Å². The Morgan fingerprint density at radius 2 is 1.67 bits per heavy atom. The van der Waals surface area contributed by atoms with Crippen molar-refractivity contribution in [2.45, 2.75) is 0 Å². The van der Waals surface area contributed by atoms with E-state index >= 15 is 0 Å². The highest BCUT2D eigenvalue weighted by Crippen LogP contribution is 2.34. The lowest BCUT2D eigenvalue weighted by atomic mass is 10.2. The van der Waals surface area contributed by atoms with E-state index < -0.39 is 5.91 Å². The van der Waals surface area contributed by atoms with Gasteiger partial charge in [-0.25, -0.2) is 4.98 Å². The monoisotopic (exact) mass is 363 g/mol. The molecule has 2 rings (SSSR count). The van der Waals surface area contributed by atoms with Crippen molar-refractivity contribution >= 4 is 63.8 Å². The number of hydrogen-bond donors (Lipinski definition) is 2. The van der Waals surface area contributed by atoms with Crippen LogP contribution < -0.4 is 10.6 Å². The van der Waals surface area contributed by atoms with Gasteiger partial charge in [0.05, 0.1) is 15.7 Å². The summed E-state index contributed by atoms with van der Waals surface area (Å²) in [7, 11) is 1.67. The Labute approximate surface area is 141 Å². The normalized spacial score (nSPS) is 10.3. The van der Waals surface area contributed by atoms with Crippen LogP contribution in [0.4, 0.5) is 11.5 Å². The topological polar surface area (TPSA) is 54.0 Å². The molecule has 4 nitrogen and oxygen atoms in total. The molecule has 1 aromatic carbocycles. The number of amides is 1. The Bertz CT molecular complexity index is 683. The minimum absolute atomic E-state index is 0.195. The van der Waals surface area contributed by atoms with E-state index in [4.69, 9.17) is 46.4 Å². The van der Waals surface area contributed by atoms with Gasteiger partial charge in [-0.15, -0.1) is 0 Å². The molecule has 110 valence electrons. The smallest absolute Gasteiger partial charge is 0.255 e. The summed E-state index contributed by atoms with van der Waals surface area (Å²) in [6.07, 6.45) is 0. The fourth-order valence-electron chi connectivity index (χ4n) is 1.60. The highest BCUT2D eigenvalue weighted by atomic mass is 35.5. The van der Waals surface area contributed by atoms with Gasteiger partial charge in [-0.05, 0) is 24.3 Å². The Balaban J connectivity index is 2.32. The number of hydrogen-bond acceptors (Lipinski definition) is 3. The lowest BCUT2D eigenvalue weighted by Gasteiger charge is -2.10. The third-order valence-corrected chi connectivity index (χ3v) is 3.57. The average molecular weight is 365 g/mol. The number of pyridine rings is 1. The predicted molar refractivity (Wildman–Crippen MR) is 88.2 cm³/mol. The second kappa shape index (κ2) is 6.71. The van der Waals surface area contributed by atoms with Crippen LogP contribution in [0.3, 0.4) is 0 Å². The molecule has 0 saturated heterocycles. The van der Waals surface area contributed by atoms with Crippen molar-refractivity contribution in [3.05, 3.63) is 50.0 Å². The maximum absolute atomic E-state index is 12.2. The van der Waals surface area contributed by atoms with Gasteiger partial charge in [-0.2, -0.15) is 0 Å². The molecule has 21 heavy (non-hydrogen) atoms. The second-order valence-electron chi connectivity index (χ2n) is 4.01. The van der Waals surface area contributed by atoms with Gasteiger partial charge in [0.15, 0.2) is 0 Å². The van der Waals surface area contributed by atoms with Crippen molar-refractivity contribution in [1.29, 1.82) is 0 Å². The summed E-state index contributed by atoms with van der Waals surface area (Å²) < 4.78 is 0. The van der Waals surface area contributed by atoms with Crippen LogP contribution in [0, 0.1) is 0 Å². The number of halogens is 4. The largest absolute Gasteiger partial charge is 0.373 e. The van der Waals surface area contributed by atoms with Gasteiger partial charge in [0.1, 0.15) is 11.0 Å². The Morgan fingerprint density at radius 1 is 1.05 bits per heavy atom. The van der Waals surface area contributed by atoms with E-state index in [-0.39, 0.29) is 20.9 Å². The van der Waals surface area contributed by atoms with Gasteiger partial charge in [-0.1, -0.05) is 46.4 Å². The Hall–Kier alpha value is -1.20. The summed E-state index contributed by atoms with van der Waals surface area (Å²) in [4.78, 5) is 16.2. The van der Waals surface area contributed by atoms with Crippen LogP contribution in [-0.2, 0) is 0 Å². The minimum atomic E-state index is -0.415. The number of carbonyl (C=O) groups is 1.